The Hall–Kier alpha value is -3.14. The second-order valence-corrected chi connectivity index (χ2v) is 6.93. The van der Waals surface area contributed by atoms with Crippen LogP contribution in [-0.2, 0) is 11.2 Å². The van der Waals surface area contributed by atoms with Crippen LogP contribution in [0, 0.1) is 0 Å². The number of carbonyl (C=O) groups excluding carboxylic acids is 1. The highest BCUT2D eigenvalue weighted by Gasteiger charge is 2.24. The van der Waals surface area contributed by atoms with Crippen molar-refractivity contribution >= 4 is 11.7 Å². The van der Waals surface area contributed by atoms with Gasteiger partial charge in [-0.05, 0) is 35.2 Å². The number of anilines is 1. The van der Waals surface area contributed by atoms with Crippen molar-refractivity contribution < 1.29 is 4.79 Å². The van der Waals surface area contributed by atoms with E-state index < -0.39 is 0 Å². The summed E-state index contributed by atoms with van der Waals surface area (Å²) in [7, 11) is 0. The van der Waals surface area contributed by atoms with Gasteiger partial charge in [-0.1, -0.05) is 60.7 Å². The molecule has 4 heteroatoms. The molecule has 0 radical (unpaired) electrons. The van der Waals surface area contributed by atoms with E-state index >= 15 is 0 Å². The summed E-state index contributed by atoms with van der Waals surface area (Å²) in [6.45, 7) is 1.74. The van der Waals surface area contributed by atoms with Gasteiger partial charge in [0.25, 0.3) is 0 Å². The highest BCUT2D eigenvalue weighted by Crippen LogP contribution is 2.20. The van der Waals surface area contributed by atoms with Gasteiger partial charge in [0, 0.05) is 25.3 Å². The Labute approximate surface area is 159 Å². The number of pyridine rings is 1. The lowest BCUT2D eigenvalue weighted by Crippen LogP contribution is -2.38. The van der Waals surface area contributed by atoms with Crippen molar-refractivity contribution in [1.29, 1.82) is 0 Å². The number of hydrogen-bond acceptors (Lipinski definition) is 3. The molecule has 0 saturated carbocycles. The first-order chi connectivity index (χ1) is 13.3. The predicted octanol–water partition coefficient (Wildman–Crippen LogP) is 3.69. The minimum atomic E-state index is 0.0790. The molecule has 1 amide bonds. The molecule has 136 valence electrons. The molecule has 1 aromatic heterocycles. The fraction of sp³-hybridized carbons (Fsp3) is 0.217. The van der Waals surface area contributed by atoms with Gasteiger partial charge in [-0.3, -0.25) is 4.79 Å². The van der Waals surface area contributed by atoms with Crippen molar-refractivity contribution in [2.24, 2.45) is 0 Å². The number of benzene rings is 2. The van der Waals surface area contributed by atoms with Crippen molar-refractivity contribution in [1.82, 2.24) is 10.3 Å². The van der Waals surface area contributed by atoms with Crippen molar-refractivity contribution in [2.75, 3.05) is 18.0 Å². The van der Waals surface area contributed by atoms with Crippen LogP contribution < -0.4 is 10.2 Å². The van der Waals surface area contributed by atoms with Crippen LogP contribution in [0.4, 0.5) is 5.82 Å². The monoisotopic (exact) mass is 357 g/mol. The Balaban J connectivity index is 1.31. The molecule has 1 aliphatic rings. The molecule has 0 aliphatic carbocycles. The van der Waals surface area contributed by atoms with E-state index in [1.807, 2.05) is 48.5 Å². The van der Waals surface area contributed by atoms with Crippen LogP contribution in [0.3, 0.4) is 0 Å². The molecule has 1 fully saturated rings. The first kappa shape index (κ1) is 17.3. The van der Waals surface area contributed by atoms with Gasteiger partial charge in [0.15, 0.2) is 0 Å². The lowest BCUT2D eigenvalue weighted by Gasteiger charge is -2.17. The van der Waals surface area contributed by atoms with E-state index in [1.165, 1.54) is 11.1 Å². The van der Waals surface area contributed by atoms with E-state index in [4.69, 9.17) is 0 Å². The number of carbonyl (C=O) groups is 1. The summed E-state index contributed by atoms with van der Waals surface area (Å²) in [6, 6.07) is 24.6. The number of nitrogens with one attached hydrogen (secondary N) is 1. The van der Waals surface area contributed by atoms with E-state index in [0.717, 1.165) is 30.9 Å². The molecule has 1 aliphatic heterocycles. The topological polar surface area (TPSA) is 45.2 Å². The Morgan fingerprint density at radius 1 is 0.963 bits per heavy atom. The Morgan fingerprint density at radius 3 is 2.44 bits per heavy atom. The van der Waals surface area contributed by atoms with Crippen LogP contribution in [0.5, 0.6) is 0 Å². The van der Waals surface area contributed by atoms with Gasteiger partial charge in [-0.15, -0.1) is 0 Å². The van der Waals surface area contributed by atoms with Gasteiger partial charge in [0.05, 0.1) is 6.42 Å². The number of amides is 1. The fourth-order valence-corrected chi connectivity index (χ4v) is 3.54. The van der Waals surface area contributed by atoms with Gasteiger partial charge in [0.2, 0.25) is 5.91 Å². The molecule has 27 heavy (non-hydrogen) atoms. The Morgan fingerprint density at radius 2 is 1.70 bits per heavy atom. The van der Waals surface area contributed by atoms with Gasteiger partial charge in [-0.2, -0.15) is 0 Å². The van der Waals surface area contributed by atoms with E-state index in [9.17, 15) is 4.79 Å². The van der Waals surface area contributed by atoms with Crippen LogP contribution in [0.1, 0.15) is 12.0 Å². The molecule has 4 nitrogen and oxygen atoms in total. The molecular weight excluding hydrogens is 334 g/mol. The van der Waals surface area contributed by atoms with Crippen molar-refractivity contribution in [3.05, 3.63) is 84.6 Å². The number of nitrogens with zero attached hydrogens (tertiary/aromatic N) is 2. The first-order valence-corrected chi connectivity index (χ1v) is 9.37. The highest BCUT2D eigenvalue weighted by molar-refractivity contribution is 5.79. The second kappa shape index (κ2) is 8.04. The highest BCUT2D eigenvalue weighted by atomic mass is 16.1. The molecule has 2 aromatic carbocycles. The average molecular weight is 357 g/mol. The molecule has 2 heterocycles. The summed E-state index contributed by atoms with van der Waals surface area (Å²) in [5, 5.41) is 3.17. The largest absolute Gasteiger partial charge is 0.354 e. The maximum Gasteiger partial charge on any atom is 0.224 e. The van der Waals surface area contributed by atoms with E-state index in [2.05, 4.69) is 39.5 Å². The van der Waals surface area contributed by atoms with E-state index in [0.29, 0.717) is 6.42 Å². The maximum absolute atomic E-state index is 12.4. The molecule has 1 unspecified atom stereocenters. The summed E-state index contributed by atoms with van der Waals surface area (Å²) >= 11 is 0. The van der Waals surface area contributed by atoms with Crippen molar-refractivity contribution in [2.45, 2.75) is 18.9 Å². The molecule has 1 N–H and O–H groups in total. The molecule has 1 atom stereocenters. The van der Waals surface area contributed by atoms with Gasteiger partial charge < -0.3 is 10.2 Å². The van der Waals surface area contributed by atoms with Crippen LogP contribution in [0.2, 0.25) is 0 Å². The van der Waals surface area contributed by atoms with Crippen molar-refractivity contribution in [3.8, 4) is 11.1 Å². The van der Waals surface area contributed by atoms with Crippen molar-refractivity contribution in [3.63, 3.8) is 0 Å². The van der Waals surface area contributed by atoms with Crippen LogP contribution >= 0.6 is 0 Å². The van der Waals surface area contributed by atoms with Crippen LogP contribution in [0.25, 0.3) is 11.1 Å². The molecule has 1 saturated heterocycles. The third-order valence-corrected chi connectivity index (χ3v) is 4.95. The fourth-order valence-electron chi connectivity index (χ4n) is 3.54. The summed E-state index contributed by atoms with van der Waals surface area (Å²) in [5.41, 5.74) is 3.39. The van der Waals surface area contributed by atoms with Crippen LogP contribution in [-0.4, -0.2) is 30.0 Å². The Kier molecular flexibility index (Phi) is 5.15. The Bertz CT molecular complexity index is 879. The zero-order valence-corrected chi connectivity index (χ0v) is 15.2. The smallest absolute Gasteiger partial charge is 0.224 e. The molecule has 4 rings (SSSR count). The minimum Gasteiger partial charge on any atom is -0.354 e. The maximum atomic E-state index is 12.4. The number of hydrogen-bond donors (Lipinski definition) is 1. The van der Waals surface area contributed by atoms with Gasteiger partial charge >= 0.3 is 0 Å². The second-order valence-electron chi connectivity index (χ2n) is 6.93. The normalized spacial score (nSPS) is 16.3. The summed E-state index contributed by atoms with van der Waals surface area (Å²) < 4.78 is 0. The van der Waals surface area contributed by atoms with Crippen LogP contribution in [0.15, 0.2) is 79.0 Å². The first-order valence-electron chi connectivity index (χ1n) is 9.37. The lowest BCUT2D eigenvalue weighted by molar-refractivity contribution is -0.121. The summed E-state index contributed by atoms with van der Waals surface area (Å²) in [5.74, 6) is 1.06. The molecular formula is C23H23N3O. The zero-order valence-electron chi connectivity index (χ0n) is 15.2. The quantitative estimate of drug-likeness (QED) is 0.757. The average Bonchev–Trinajstić information content (AvgIpc) is 3.18. The molecule has 0 bridgehead atoms. The summed E-state index contributed by atoms with van der Waals surface area (Å²) in [4.78, 5) is 19.0. The van der Waals surface area contributed by atoms with Gasteiger partial charge in [0.1, 0.15) is 5.82 Å². The van der Waals surface area contributed by atoms with E-state index in [-0.39, 0.29) is 11.9 Å². The number of aromatic nitrogens is 1. The van der Waals surface area contributed by atoms with E-state index in [1.54, 1.807) is 6.20 Å². The number of rotatable bonds is 5. The molecule has 3 aromatic rings. The lowest BCUT2D eigenvalue weighted by atomic mass is 10.0. The standard InChI is InChI=1S/C23H23N3O/c27-23(25-21-13-15-26(17-21)22-8-4-5-14-24-22)16-18-9-11-20(12-10-18)19-6-2-1-3-7-19/h1-12,14,21H,13,15-17H2,(H,25,27). The third kappa shape index (κ3) is 4.34. The van der Waals surface area contributed by atoms with Gasteiger partial charge in [-0.25, -0.2) is 4.98 Å². The third-order valence-electron chi connectivity index (χ3n) is 4.95. The summed E-state index contributed by atoms with van der Waals surface area (Å²) in [6.07, 6.45) is 3.17. The predicted molar refractivity (Wildman–Crippen MR) is 109 cm³/mol. The zero-order chi connectivity index (χ0) is 18.5. The minimum absolute atomic E-state index is 0.0790. The SMILES string of the molecule is O=C(Cc1ccc(-c2ccccc2)cc1)NC1CCN(c2ccccn2)C1. The molecule has 0 spiro atoms.